The molecule has 3 N–H and O–H groups in total. The smallest absolute Gasteiger partial charge is 0.314 e. The molecule has 0 amide bonds. The Morgan fingerprint density at radius 2 is 1.65 bits per heavy atom. The molecule has 1 fully saturated rings. The maximum atomic E-state index is 11.7. The van der Waals surface area contributed by atoms with E-state index in [0.29, 0.717) is 29.4 Å². The molecular weight excluding hydrogens is 260 g/mol. The molecule has 1 aromatic carbocycles. The van der Waals surface area contributed by atoms with Gasteiger partial charge in [-0.15, -0.1) is 0 Å². The van der Waals surface area contributed by atoms with Gasteiger partial charge in [-0.05, 0) is 30.5 Å². The minimum absolute atomic E-state index is 0.458. The highest BCUT2D eigenvalue weighted by Crippen LogP contribution is 2.41. The van der Waals surface area contributed by atoms with E-state index in [-0.39, 0.29) is 0 Å². The van der Waals surface area contributed by atoms with Crippen LogP contribution in [0.25, 0.3) is 11.0 Å². The van der Waals surface area contributed by atoms with Gasteiger partial charge in [0.2, 0.25) is 0 Å². The summed E-state index contributed by atoms with van der Waals surface area (Å²) < 4.78 is 0. The third-order valence-corrected chi connectivity index (χ3v) is 4.14. The van der Waals surface area contributed by atoms with Gasteiger partial charge in [0.15, 0.2) is 0 Å². The van der Waals surface area contributed by atoms with Gasteiger partial charge >= 0.3 is 17.1 Å². The van der Waals surface area contributed by atoms with Gasteiger partial charge in [0.25, 0.3) is 0 Å². The van der Waals surface area contributed by atoms with Gasteiger partial charge in [-0.25, -0.2) is 0 Å². The first kappa shape index (κ1) is 12.7. The second-order valence-corrected chi connectivity index (χ2v) is 5.26. The lowest BCUT2D eigenvalue weighted by Gasteiger charge is -2.24. The number of carbonyl (C=O) groups is 1. The first-order chi connectivity index (χ1) is 9.53. The third kappa shape index (κ3) is 1.76. The molecule has 0 atom stereocenters. The van der Waals surface area contributed by atoms with Crippen molar-refractivity contribution in [2.24, 2.45) is 0 Å². The van der Waals surface area contributed by atoms with Gasteiger partial charge in [-0.3, -0.25) is 14.4 Å². The molecule has 1 saturated carbocycles. The van der Waals surface area contributed by atoms with E-state index < -0.39 is 22.5 Å². The molecule has 0 radical (unpaired) electrons. The van der Waals surface area contributed by atoms with Crippen LogP contribution in [-0.4, -0.2) is 21.0 Å². The zero-order valence-corrected chi connectivity index (χ0v) is 10.7. The Labute approximate surface area is 113 Å². The lowest BCUT2D eigenvalue weighted by molar-refractivity contribution is -0.143. The monoisotopic (exact) mass is 274 g/mol. The fourth-order valence-corrected chi connectivity index (χ4v) is 3.02. The van der Waals surface area contributed by atoms with Crippen LogP contribution >= 0.6 is 0 Å². The Kier molecular flexibility index (Phi) is 2.74. The summed E-state index contributed by atoms with van der Waals surface area (Å²) in [7, 11) is 0. The van der Waals surface area contributed by atoms with Crippen molar-refractivity contribution in [3.63, 3.8) is 0 Å². The van der Waals surface area contributed by atoms with Gasteiger partial charge in [-0.2, -0.15) is 0 Å². The molecule has 3 rings (SSSR count). The van der Waals surface area contributed by atoms with Crippen molar-refractivity contribution >= 4 is 17.0 Å². The van der Waals surface area contributed by atoms with Crippen molar-refractivity contribution in [2.75, 3.05) is 0 Å². The van der Waals surface area contributed by atoms with E-state index in [1.165, 1.54) is 0 Å². The molecular formula is C14H14N2O4. The number of hydrogen-bond donors (Lipinski definition) is 3. The average molecular weight is 274 g/mol. The van der Waals surface area contributed by atoms with Gasteiger partial charge in [0.05, 0.1) is 16.4 Å². The van der Waals surface area contributed by atoms with Crippen molar-refractivity contribution < 1.29 is 9.90 Å². The van der Waals surface area contributed by atoms with Crippen molar-refractivity contribution in [3.8, 4) is 0 Å². The van der Waals surface area contributed by atoms with E-state index >= 15 is 0 Å². The van der Waals surface area contributed by atoms with Gasteiger partial charge in [0, 0.05) is 0 Å². The molecule has 1 aliphatic carbocycles. The maximum Gasteiger partial charge on any atom is 0.314 e. The highest BCUT2D eigenvalue weighted by Gasteiger charge is 2.42. The summed E-state index contributed by atoms with van der Waals surface area (Å²) in [4.78, 5) is 39.2. The first-order valence-electron chi connectivity index (χ1n) is 6.53. The van der Waals surface area contributed by atoms with Crippen LogP contribution in [0.5, 0.6) is 0 Å². The molecule has 0 saturated heterocycles. The minimum atomic E-state index is -0.874. The number of aromatic amines is 2. The number of fused-ring (bicyclic) bond motifs is 1. The first-order valence-corrected chi connectivity index (χ1v) is 6.53. The van der Waals surface area contributed by atoms with Crippen LogP contribution in [0.1, 0.15) is 31.2 Å². The lowest BCUT2D eigenvalue weighted by atomic mass is 9.79. The number of benzene rings is 1. The van der Waals surface area contributed by atoms with Crippen molar-refractivity contribution in [1.82, 2.24) is 9.97 Å². The largest absolute Gasteiger partial charge is 0.481 e. The Bertz CT molecular complexity index is 797. The molecule has 20 heavy (non-hydrogen) atoms. The summed E-state index contributed by atoms with van der Waals surface area (Å²) in [6.07, 6.45) is 2.96. The van der Waals surface area contributed by atoms with E-state index in [2.05, 4.69) is 9.97 Å². The molecule has 0 unspecified atom stereocenters. The number of carboxylic acids is 1. The summed E-state index contributed by atoms with van der Waals surface area (Å²) in [6, 6.07) is 5.02. The molecule has 0 spiro atoms. The molecule has 1 heterocycles. The van der Waals surface area contributed by atoms with Crippen LogP contribution in [-0.2, 0) is 10.2 Å². The Morgan fingerprint density at radius 1 is 1.05 bits per heavy atom. The predicted molar refractivity (Wildman–Crippen MR) is 73.0 cm³/mol. The van der Waals surface area contributed by atoms with E-state index in [1.807, 2.05) is 0 Å². The quantitative estimate of drug-likeness (QED) is 0.714. The minimum Gasteiger partial charge on any atom is -0.481 e. The van der Waals surface area contributed by atoms with Crippen LogP contribution in [0, 0.1) is 0 Å². The molecule has 6 heteroatoms. The zero-order valence-electron chi connectivity index (χ0n) is 10.7. The fourth-order valence-electron chi connectivity index (χ4n) is 3.02. The van der Waals surface area contributed by atoms with Gasteiger partial charge < -0.3 is 15.1 Å². The summed E-state index contributed by atoms with van der Waals surface area (Å²) in [5, 5.41) is 9.56. The van der Waals surface area contributed by atoms with E-state index in [0.717, 1.165) is 12.8 Å². The van der Waals surface area contributed by atoms with Crippen molar-refractivity contribution in [3.05, 3.63) is 44.5 Å². The molecule has 0 aliphatic heterocycles. The fraction of sp³-hybridized carbons (Fsp3) is 0.357. The third-order valence-electron chi connectivity index (χ3n) is 4.14. The Hall–Kier alpha value is -2.37. The topological polar surface area (TPSA) is 103 Å². The highest BCUT2D eigenvalue weighted by molar-refractivity contribution is 5.84. The van der Waals surface area contributed by atoms with Crippen LogP contribution in [0.4, 0.5) is 0 Å². The van der Waals surface area contributed by atoms with E-state index in [4.69, 9.17) is 0 Å². The van der Waals surface area contributed by atoms with Gasteiger partial charge in [0.1, 0.15) is 0 Å². The number of aromatic nitrogens is 2. The number of rotatable bonds is 2. The molecule has 0 bridgehead atoms. The molecule has 6 nitrogen and oxygen atoms in total. The number of hydrogen-bond acceptors (Lipinski definition) is 3. The highest BCUT2D eigenvalue weighted by atomic mass is 16.4. The summed E-state index contributed by atoms with van der Waals surface area (Å²) in [5.41, 5.74) is -0.681. The van der Waals surface area contributed by atoms with E-state index in [1.54, 1.807) is 18.2 Å². The lowest BCUT2D eigenvalue weighted by Crippen LogP contribution is -2.33. The number of nitrogens with one attached hydrogen (secondary N) is 2. The second-order valence-electron chi connectivity index (χ2n) is 5.26. The SMILES string of the molecule is O=C(O)C1(c2ccc3[nH]c(=O)c(=O)[nH]c3c2)CCCC1. The average Bonchev–Trinajstić information content (AvgIpc) is 2.90. The van der Waals surface area contributed by atoms with Crippen molar-refractivity contribution in [1.29, 1.82) is 0 Å². The van der Waals surface area contributed by atoms with Crippen LogP contribution in [0.2, 0.25) is 0 Å². The summed E-state index contributed by atoms with van der Waals surface area (Å²) in [6.45, 7) is 0. The Balaban J connectivity index is 2.22. The molecule has 1 aromatic heterocycles. The summed E-state index contributed by atoms with van der Waals surface area (Å²) >= 11 is 0. The van der Waals surface area contributed by atoms with Crippen molar-refractivity contribution in [2.45, 2.75) is 31.1 Å². The van der Waals surface area contributed by atoms with Crippen LogP contribution in [0.15, 0.2) is 27.8 Å². The predicted octanol–water partition coefficient (Wildman–Crippen LogP) is 1.11. The standard InChI is InChI=1S/C14H14N2O4/c17-11-12(18)16-10-7-8(3-4-9(10)15-11)14(13(19)20)5-1-2-6-14/h3-4,7H,1-2,5-6H2,(H,15,17)(H,16,18)(H,19,20). The second kappa shape index (κ2) is 4.33. The number of H-pyrrole nitrogens is 2. The summed E-state index contributed by atoms with van der Waals surface area (Å²) in [5.74, 6) is -0.832. The number of aliphatic carboxylic acids is 1. The normalized spacial score (nSPS) is 17.4. The van der Waals surface area contributed by atoms with Gasteiger partial charge in [-0.1, -0.05) is 18.9 Å². The van der Waals surface area contributed by atoms with Crippen LogP contribution in [0.3, 0.4) is 0 Å². The number of carboxylic acid groups (broad SMARTS) is 1. The van der Waals surface area contributed by atoms with Crippen LogP contribution < -0.4 is 11.1 Å². The molecule has 104 valence electrons. The zero-order chi connectivity index (χ0) is 14.3. The molecule has 2 aromatic rings. The molecule has 1 aliphatic rings. The Morgan fingerprint density at radius 3 is 2.25 bits per heavy atom. The maximum absolute atomic E-state index is 11.7. The van der Waals surface area contributed by atoms with E-state index in [9.17, 15) is 19.5 Å².